The Hall–Kier alpha value is -3.33. The van der Waals surface area contributed by atoms with Crippen molar-refractivity contribution in [1.82, 2.24) is 19.4 Å². The van der Waals surface area contributed by atoms with Gasteiger partial charge in [-0.2, -0.15) is 0 Å². The summed E-state index contributed by atoms with van der Waals surface area (Å²) in [6.07, 6.45) is 1.39. The van der Waals surface area contributed by atoms with Crippen LogP contribution in [0.2, 0.25) is 0 Å². The van der Waals surface area contributed by atoms with Crippen molar-refractivity contribution in [2.75, 3.05) is 19.7 Å². The molecule has 1 aliphatic heterocycles. The summed E-state index contributed by atoms with van der Waals surface area (Å²) >= 11 is 0. The quantitative estimate of drug-likeness (QED) is 0.509. The smallest absolute Gasteiger partial charge is 0.414 e. The first-order valence-electron chi connectivity index (χ1n) is 8.87. The second-order valence-corrected chi connectivity index (χ2v) is 6.48. The lowest BCUT2D eigenvalue weighted by atomic mass is 10.1. The van der Waals surface area contributed by atoms with Crippen LogP contribution >= 0.6 is 0 Å². The summed E-state index contributed by atoms with van der Waals surface area (Å²) < 4.78 is 20.7. The van der Waals surface area contributed by atoms with Crippen LogP contribution in [0.1, 0.15) is 5.69 Å². The summed E-state index contributed by atoms with van der Waals surface area (Å²) in [4.78, 5) is 21.1. The highest BCUT2D eigenvalue weighted by Crippen LogP contribution is 2.21. The Bertz CT molecular complexity index is 1010. The molecule has 8 nitrogen and oxygen atoms in total. The fourth-order valence-electron chi connectivity index (χ4n) is 3.14. The molecule has 0 aliphatic carbocycles. The molecule has 1 aliphatic rings. The van der Waals surface area contributed by atoms with E-state index in [1.54, 1.807) is 10.6 Å². The molecule has 4 rings (SSSR count). The van der Waals surface area contributed by atoms with Crippen LogP contribution < -0.4 is 4.74 Å². The molecule has 2 aromatic heterocycles. The van der Waals surface area contributed by atoms with Crippen molar-refractivity contribution < 1.29 is 14.1 Å². The highest BCUT2D eigenvalue weighted by atomic mass is 19.1. The normalized spacial score (nSPS) is 14.6. The van der Waals surface area contributed by atoms with Crippen LogP contribution in [0.3, 0.4) is 0 Å². The zero-order valence-electron chi connectivity index (χ0n) is 15.0. The molecule has 3 aromatic rings. The number of nitro groups is 1. The lowest BCUT2D eigenvalue weighted by Crippen LogP contribution is -2.33. The molecule has 0 spiro atoms. The highest BCUT2D eigenvalue weighted by molar-refractivity contribution is 5.59. The van der Waals surface area contributed by atoms with Gasteiger partial charge in [0, 0.05) is 36.7 Å². The lowest BCUT2D eigenvalue weighted by molar-refractivity contribution is -0.389. The van der Waals surface area contributed by atoms with Gasteiger partial charge in [0.1, 0.15) is 18.6 Å². The largest absolute Gasteiger partial charge is 0.444 e. The van der Waals surface area contributed by atoms with Gasteiger partial charge in [0.25, 0.3) is 0 Å². The molecule has 0 saturated heterocycles. The zero-order chi connectivity index (χ0) is 19.5. The minimum atomic E-state index is -0.527. The van der Waals surface area contributed by atoms with Crippen LogP contribution in [0.15, 0.2) is 48.7 Å². The molecule has 0 unspecified atom stereocenters. The van der Waals surface area contributed by atoms with Gasteiger partial charge in [-0.1, -0.05) is 18.2 Å². The first-order chi connectivity index (χ1) is 13.6. The molecule has 0 N–H and O–H groups in total. The van der Waals surface area contributed by atoms with E-state index in [1.165, 1.54) is 18.3 Å². The van der Waals surface area contributed by atoms with Crippen LogP contribution in [0.5, 0.6) is 6.01 Å². The Kier molecular flexibility index (Phi) is 4.98. The summed E-state index contributed by atoms with van der Waals surface area (Å²) in [5, 5.41) is 10.9. The fraction of sp³-hybridized carbons (Fsp3) is 0.263. The van der Waals surface area contributed by atoms with E-state index in [9.17, 15) is 14.5 Å². The van der Waals surface area contributed by atoms with Gasteiger partial charge in [-0.05, 0) is 29.2 Å². The van der Waals surface area contributed by atoms with E-state index < -0.39 is 4.92 Å². The average Bonchev–Trinajstić information content (AvgIpc) is 3.07. The summed E-state index contributed by atoms with van der Waals surface area (Å²) in [5.74, 6) is -0.510. The second-order valence-electron chi connectivity index (χ2n) is 6.48. The number of rotatable bonds is 4. The van der Waals surface area contributed by atoms with Gasteiger partial charge >= 0.3 is 11.8 Å². The maximum absolute atomic E-state index is 13.5. The van der Waals surface area contributed by atoms with Crippen LogP contribution in [0.25, 0.3) is 11.3 Å². The number of pyridine rings is 1. The molecule has 0 fully saturated rings. The number of nitrogens with zero attached hydrogens (tertiary/aromatic N) is 5. The maximum atomic E-state index is 13.5. The molecule has 0 atom stereocenters. The van der Waals surface area contributed by atoms with Crippen molar-refractivity contribution >= 4 is 5.82 Å². The molecule has 0 bridgehead atoms. The molecule has 144 valence electrons. The van der Waals surface area contributed by atoms with E-state index in [4.69, 9.17) is 4.74 Å². The average molecular weight is 383 g/mol. The molecule has 0 amide bonds. The van der Waals surface area contributed by atoms with Crippen molar-refractivity contribution in [2.24, 2.45) is 0 Å². The monoisotopic (exact) mass is 383 g/mol. The number of hydrogen-bond donors (Lipinski definition) is 0. The Morgan fingerprint density at radius 3 is 2.82 bits per heavy atom. The Balaban J connectivity index is 1.47. The van der Waals surface area contributed by atoms with Crippen LogP contribution in [-0.4, -0.2) is 44.1 Å². The van der Waals surface area contributed by atoms with Crippen molar-refractivity contribution in [1.29, 1.82) is 0 Å². The third-order valence-corrected chi connectivity index (χ3v) is 4.52. The number of aromatic nitrogens is 3. The third-order valence-electron chi connectivity index (χ3n) is 4.52. The number of ether oxygens (including phenoxy) is 1. The number of halogens is 1. The lowest BCUT2D eigenvalue weighted by Gasteiger charge is -2.24. The van der Waals surface area contributed by atoms with E-state index >= 15 is 0 Å². The Labute approximate surface area is 160 Å². The van der Waals surface area contributed by atoms with Gasteiger partial charge in [-0.15, -0.1) is 0 Å². The Morgan fingerprint density at radius 2 is 2.00 bits per heavy atom. The Morgan fingerprint density at radius 1 is 1.14 bits per heavy atom. The zero-order valence-corrected chi connectivity index (χ0v) is 15.0. The van der Waals surface area contributed by atoms with Crippen molar-refractivity contribution in [3.05, 3.63) is 70.3 Å². The number of hydrogen-bond acceptors (Lipinski definition) is 6. The predicted octanol–water partition coefficient (Wildman–Crippen LogP) is 2.89. The minimum absolute atomic E-state index is 0.215. The summed E-state index contributed by atoms with van der Waals surface area (Å²) in [6, 6.07) is 12.3. The number of fused-ring (bicyclic) bond motifs is 1. The van der Waals surface area contributed by atoms with E-state index in [0.717, 1.165) is 11.3 Å². The van der Waals surface area contributed by atoms with Crippen LogP contribution in [0, 0.1) is 15.9 Å². The fourth-order valence-corrected chi connectivity index (χ4v) is 3.14. The summed E-state index contributed by atoms with van der Waals surface area (Å²) in [7, 11) is 0. The minimum Gasteiger partial charge on any atom is -0.444 e. The second kappa shape index (κ2) is 7.73. The number of imidazole rings is 1. The standard InChI is InChI=1S/C19H18FN5O3/c20-15-4-1-3-14(11-15)17-6-2-5-16(21-17)12-23-7-8-24-13-18(25(26)27)22-19(24)28-10-9-23/h1-6,11,13H,7-10,12H2. The van der Waals surface area contributed by atoms with E-state index in [2.05, 4.69) is 14.9 Å². The van der Waals surface area contributed by atoms with Crippen molar-refractivity contribution in [2.45, 2.75) is 13.1 Å². The first kappa shape index (κ1) is 18.1. The molecular formula is C19H18FN5O3. The molecule has 9 heteroatoms. The maximum Gasteiger partial charge on any atom is 0.414 e. The van der Waals surface area contributed by atoms with Crippen molar-refractivity contribution in [3.63, 3.8) is 0 Å². The number of benzene rings is 1. The van der Waals surface area contributed by atoms with Gasteiger partial charge in [-0.25, -0.2) is 4.39 Å². The van der Waals surface area contributed by atoms with Crippen LogP contribution in [-0.2, 0) is 13.1 Å². The predicted molar refractivity (Wildman–Crippen MR) is 99.3 cm³/mol. The first-order valence-corrected chi connectivity index (χ1v) is 8.87. The van der Waals surface area contributed by atoms with Crippen LogP contribution in [0.4, 0.5) is 10.2 Å². The van der Waals surface area contributed by atoms with Gasteiger partial charge in [0.05, 0.1) is 11.4 Å². The van der Waals surface area contributed by atoms with Gasteiger partial charge in [0.2, 0.25) is 0 Å². The summed E-state index contributed by atoms with van der Waals surface area (Å²) in [5.41, 5.74) is 2.31. The molecule has 3 heterocycles. The highest BCUT2D eigenvalue weighted by Gasteiger charge is 2.23. The molecular weight excluding hydrogens is 365 g/mol. The topological polar surface area (TPSA) is 86.3 Å². The molecule has 0 radical (unpaired) electrons. The third kappa shape index (κ3) is 3.99. The van der Waals surface area contributed by atoms with E-state index in [1.807, 2.05) is 24.3 Å². The van der Waals surface area contributed by atoms with E-state index in [0.29, 0.717) is 38.5 Å². The molecule has 28 heavy (non-hydrogen) atoms. The van der Waals surface area contributed by atoms with Gasteiger partial charge in [-0.3, -0.25) is 14.5 Å². The van der Waals surface area contributed by atoms with E-state index in [-0.39, 0.29) is 17.6 Å². The van der Waals surface area contributed by atoms with Gasteiger partial charge < -0.3 is 14.9 Å². The van der Waals surface area contributed by atoms with Crippen molar-refractivity contribution in [3.8, 4) is 17.3 Å². The SMILES string of the molecule is O=[N+]([O-])c1cn2c(n1)OCCN(Cc1cccc(-c3cccc(F)c3)n1)CC2. The summed E-state index contributed by atoms with van der Waals surface area (Å²) in [6.45, 7) is 2.82. The molecule has 0 saturated carbocycles. The van der Waals surface area contributed by atoms with Gasteiger partial charge in [0.15, 0.2) is 0 Å². The molecule has 1 aromatic carbocycles.